The first kappa shape index (κ1) is 34.9. The molecule has 3 N–H and O–H groups in total. The van der Waals surface area contributed by atoms with Crippen molar-refractivity contribution in [3.63, 3.8) is 0 Å². The molecule has 0 saturated carbocycles. The predicted molar refractivity (Wildman–Crippen MR) is 177 cm³/mol. The molecule has 3 aromatic rings. The van der Waals surface area contributed by atoms with E-state index >= 15 is 0 Å². The van der Waals surface area contributed by atoms with Crippen LogP contribution in [0.5, 0.6) is 17.2 Å². The lowest BCUT2D eigenvalue weighted by Gasteiger charge is -2.28. The molecule has 1 aliphatic heterocycles. The van der Waals surface area contributed by atoms with Gasteiger partial charge in [-0.2, -0.15) is 5.10 Å². The molecule has 0 spiro atoms. The highest BCUT2D eigenvalue weighted by Crippen LogP contribution is 2.36. The smallest absolute Gasteiger partial charge is 0.338 e. The van der Waals surface area contributed by atoms with E-state index in [0.29, 0.717) is 37.1 Å². The molecule has 47 heavy (non-hydrogen) atoms. The molecule has 1 heterocycles. The first-order valence-corrected chi connectivity index (χ1v) is 15.5. The number of urea groups is 1. The summed E-state index contributed by atoms with van der Waals surface area (Å²) in [4.78, 5) is 47.8. The molecule has 0 aliphatic carbocycles. The van der Waals surface area contributed by atoms with Crippen molar-refractivity contribution >= 4 is 61.7 Å². The van der Waals surface area contributed by atoms with Gasteiger partial charge in [-0.1, -0.05) is 18.2 Å². The van der Waals surface area contributed by atoms with Gasteiger partial charge in [-0.25, -0.2) is 15.0 Å². The minimum Gasteiger partial charge on any atom is -0.493 e. The number of amides is 3. The second kappa shape index (κ2) is 16.0. The summed E-state index contributed by atoms with van der Waals surface area (Å²) < 4.78 is 23.3. The van der Waals surface area contributed by atoms with Crippen LogP contribution in [0.25, 0.3) is 0 Å². The van der Waals surface area contributed by atoms with Crippen LogP contribution in [0.3, 0.4) is 0 Å². The summed E-state index contributed by atoms with van der Waals surface area (Å²) in [6, 6.07) is 13.1. The van der Waals surface area contributed by atoms with Gasteiger partial charge >= 0.3 is 12.0 Å². The number of esters is 1. The Labute approximate surface area is 285 Å². The number of ether oxygens (including phenoxy) is 4. The van der Waals surface area contributed by atoms with Crippen LogP contribution in [0.15, 0.2) is 79.9 Å². The lowest BCUT2D eigenvalue weighted by Crippen LogP contribution is -2.45. The Morgan fingerprint density at radius 1 is 1.09 bits per heavy atom. The van der Waals surface area contributed by atoms with Crippen molar-refractivity contribution in [2.75, 3.05) is 20.3 Å². The summed E-state index contributed by atoms with van der Waals surface area (Å²) >= 11 is 6.91. The van der Waals surface area contributed by atoms with E-state index < -0.39 is 28.9 Å². The summed E-state index contributed by atoms with van der Waals surface area (Å²) in [6.45, 7) is 3.19. The van der Waals surface area contributed by atoms with Crippen molar-refractivity contribution in [2.45, 2.75) is 26.5 Å². The SMILES string of the molecule is CCOC(=O)C1=C(C)NC(=O)N[C@H]1c1ccc(OCC(=O)N/N=C\c2cc(Br)c(OCc3cccc([N+](=O)[O-])c3)c(Br)c2)c(OC)c1. The average molecular weight is 775 g/mol. The van der Waals surface area contributed by atoms with Gasteiger partial charge in [-0.15, -0.1) is 0 Å². The number of nitro benzene ring substituents is 1. The Morgan fingerprint density at radius 2 is 1.83 bits per heavy atom. The molecule has 4 rings (SSSR count). The lowest BCUT2D eigenvalue weighted by atomic mass is 9.95. The van der Waals surface area contributed by atoms with Gasteiger partial charge in [0.25, 0.3) is 11.6 Å². The first-order valence-electron chi connectivity index (χ1n) is 13.9. The standard InChI is InChI=1S/C31H29Br2N5O9/c1-4-45-30(40)27-17(2)35-31(41)36-28(27)20-8-9-24(25(13-20)44-3)46-16-26(39)37-34-14-19-11-22(32)29(23(33)12-19)47-15-18-6-5-7-21(10-18)38(42)43/h5-14,28H,4,15-16H2,1-3H3,(H,37,39)(H2,35,36,41)/b34-14-/t28-/m0/s1. The number of hydrogen-bond acceptors (Lipinski definition) is 10. The van der Waals surface area contributed by atoms with Crippen LogP contribution < -0.4 is 30.3 Å². The highest BCUT2D eigenvalue weighted by atomic mass is 79.9. The monoisotopic (exact) mass is 773 g/mol. The Hall–Kier alpha value is -4.96. The van der Waals surface area contributed by atoms with Gasteiger partial charge in [0.1, 0.15) is 12.4 Å². The normalized spacial score (nSPS) is 14.2. The number of methoxy groups -OCH3 is 1. The molecule has 0 fully saturated rings. The number of nitrogens with one attached hydrogen (secondary N) is 3. The van der Waals surface area contributed by atoms with Crippen LogP contribution in [0.4, 0.5) is 10.5 Å². The largest absolute Gasteiger partial charge is 0.493 e. The van der Waals surface area contributed by atoms with E-state index in [9.17, 15) is 24.5 Å². The summed E-state index contributed by atoms with van der Waals surface area (Å²) in [5, 5.41) is 20.3. The van der Waals surface area contributed by atoms with Crippen LogP contribution in [0.2, 0.25) is 0 Å². The molecule has 0 radical (unpaired) electrons. The van der Waals surface area contributed by atoms with Crippen LogP contribution in [-0.2, 0) is 20.9 Å². The number of benzene rings is 3. The van der Waals surface area contributed by atoms with E-state index in [1.165, 1.54) is 25.5 Å². The zero-order valence-corrected chi connectivity index (χ0v) is 28.5. The van der Waals surface area contributed by atoms with E-state index in [2.05, 4.69) is 53.0 Å². The molecule has 14 nitrogen and oxygen atoms in total. The van der Waals surface area contributed by atoms with Crippen molar-refractivity contribution in [1.29, 1.82) is 0 Å². The minimum absolute atomic E-state index is 0.0252. The number of halogens is 2. The van der Waals surface area contributed by atoms with E-state index in [-0.39, 0.29) is 42.6 Å². The molecule has 3 aromatic carbocycles. The van der Waals surface area contributed by atoms with E-state index in [0.717, 1.165) is 0 Å². The highest BCUT2D eigenvalue weighted by molar-refractivity contribution is 9.11. The number of hydrazone groups is 1. The second-order valence-corrected chi connectivity index (χ2v) is 11.5. The number of non-ortho nitro benzene ring substituents is 1. The van der Waals surface area contributed by atoms with Gasteiger partial charge in [0.05, 0.1) is 45.4 Å². The Balaban J connectivity index is 1.35. The second-order valence-electron chi connectivity index (χ2n) is 9.81. The average Bonchev–Trinajstić information content (AvgIpc) is 3.03. The number of carbonyl (C=O) groups excluding carboxylic acids is 3. The van der Waals surface area contributed by atoms with Gasteiger partial charge < -0.3 is 29.6 Å². The summed E-state index contributed by atoms with van der Waals surface area (Å²) in [6.07, 6.45) is 1.43. The third kappa shape index (κ3) is 9.07. The van der Waals surface area contributed by atoms with E-state index in [1.807, 2.05) is 0 Å². The first-order chi connectivity index (χ1) is 22.5. The summed E-state index contributed by atoms with van der Waals surface area (Å²) in [5.74, 6) is -0.105. The fraction of sp³-hybridized carbons (Fsp3) is 0.226. The van der Waals surface area contributed by atoms with Crippen LogP contribution in [0.1, 0.15) is 36.6 Å². The zero-order chi connectivity index (χ0) is 34.1. The number of carbonyl (C=O) groups is 3. The Kier molecular flexibility index (Phi) is 11.9. The molecule has 1 aliphatic rings. The van der Waals surface area contributed by atoms with Crippen molar-refractivity contribution < 1.29 is 38.3 Å². The van der Waals surface area contributed by atoms with Gasteiger partial charge in [0, 0.05) is 17.8 Å². The number of nitro groups is 1. The van der Waals surface area contributed by atoms with Crippen LogP contribution in [0, 0.1) is 10.1 Å². The van der Waals surface area contributed by atoms with Crippen LogP contribution in [-0.4, -0.2) is 49.4 Å². The van der Waals surface area contributed by atoms with E-state index in [4.69, 9.17) is 18.9 Å². The zero-order valence-electron chi connectivity index (χ0n) is 25.3. The molecular formula is C31H29Br2N5O9. The van der Waals surface area contributed by atoms with Gasteiger partial charge in [0.15, 0.2) is 18.1 Å². The Bertz CT molecular complexity index is 1740. The summed E-state index contributed by atoms with van der Waals surface area (Å²) in [5.41, 5.74) is 4.79. The lowest BCUT2D eigenvalue weighted by molar-refractivity contribution is -0.384. The van der Waals surface area contributed by atoms with Crippen molar-refractivity contribution in [3.8, 4) is 17.2 Å². The third-order valence-electron chi connectivity index (χ3n) is 6.57. The number of nitrogens with zero attached hydrogens (tertiary/aromatic N) is 2. The van der Waals surface area contributed by atoms with Crippen molar-refractivity contribution in [3.05, 3.63) is 102 Å². The molecule has 0 bridgehead atoms. The number of allylic oxidation sites excluding steroid dienone is 1. The third-order valence-corrected chi connectivity index (χ3v) is 7.75. The van der Waals surface area contributed by atoms with Gasteiger partial charge in [0.2, 0.25) is 0 Å². The van der Waals surface area contributed by atoms with E-state index in [1.54, 1.807) is 56.3 Å². The molecule has 0 saturated heterocycles. The topological polar surface area (TPSA) is 180 Å². The predicted octanol–water partition coefficient (Wildman–Crippen LogP) is 5.43. The maximum atomic E-state index is 12.6. The maximum absolute atomic E-state index is 12.6. The fourth-order valence-electron chi connectivity index (χ4n) is 4.47. The fourth-order valence-corrected chi connectivity index (χ4v) is 5.92. The molecular weight excluding hydrogens is 746 g/mol. The number of rotatable bonds is 13. The quantitative estimate of drug-likeness (QED) is 0.0884. The molecule has 3 amide bonds. The molecule has 0 unspecified atom stereocenters. The maximum Gasteiger partial charge on any atom is 0.338 e. The van der Waals surface area contributed by atoms with Gasteiger partial charge in [-0.05, 0) is 86.7 Å². The molecule has 16 heteroatoms. The summed E-state index contributed by atoms with van der Waals surface area (Å²) in [7, 11) is 1.42. The molecule has 1 atom stereocenters. The minimum atomic E-state index is -0.795. The highest BCUT2D eigenvalue weighted by Gasteiger charge is 2.32. The Morgan fingerprint density at radius 3 is 2.51 bits per heavy atom. The molecule has 246 valence electrons. The molecule has 0 aromatic heterocycles. The van der Waals surface area contributed by atoms with Crippen molar-refractivity contribution in [2.24, 2.45) is 5.10 Å². The number of hydrogen-bond donors (Lipinski definition) is 3. The van der Waals surface area contributed by atoms with Crippen LogP contribution >= 0.6 is 31.9 Å². The van der Waals surface area contributed by atoms with Crippen molar-refractivity contribution in [1.82, 2.24) is 16.1 Å². The van der Waals surface area contributed by atoms with Gasteiger partial charge in [-0.3, -0.25) is 14.9 Å².